The average Bonchev–Trinajstić information content (AvgIpc) is 2.49. The summed E-state index contributed by atoms with van der Waals surface area (Å²) in [7, 11) is 0. The molecule has 0 bridgehead atoms. The molecule has 0 heterocycles. The molecular weight excluding hydrogens is 252 g/mol. The number of nitrogens with zero attached hydrogens (tertiary/aromatic N) is 1. The van der Waals surface area contributed by atoms with Crippen LogP contribution in [0.3, 0.4) is 0 Å². The van der Waals surface area contributed by atoms with Crippen molar-refractivity contribution in [2.45, 2.75) is 40.0 Å². The number of amides is 1. The lowest BCUT2D eigenvalue weighted by atomic mass is 9.83. The van der Waals surface area contributed by atoms with E-state index in [1.54, 1.807) is 12.1 Å². The number of rotatable bonds is 7. The smallest absolute Gasteiger partial charge is 0.244 e. The lowest BCUT2D eigenvalue weighted by Crippen LogP contribution is -2.33. The molecule has 0 saturated heterocycles. The third-order valence-corrected chi connectivity index (χ3v) is 3.44. The number of ether oxygens (including phenoxy) is 1. The van der Waals surface area contributed by atoms with Gasteiger partial charge in [0.05, 0.1) is 12.7 Å². The van der Waals surface area contributed by atoms with E-state index in [1.165, 1.54) is 0 Å². The van der Waals surface area contributed by atoms with Gasteiger partial charge in [0.2, 0.25) is 5.91 Å². The van der Waals surface area contributed by atoms with E-state index in [2.05, 4.69) is 11.4 Å². The van der Waals surface area contributed by atoms with Crippen LogP contribution in [-0.4, -0.2) is 12.5 Å². The first-order valence-corrected chi connectivity index (χ1v) is 7.07. The van der Waals surface area contributed by atoms with E-state index in [0.717, 1.165) is 12.2 Å². The molecule has 4 nitrogen and oxygen atoms in total. The molecular formula is C16H22N2O2. The highest BCUT2D eigenvalue weighted by atomic mass is 16.5. The molecule has 0 aromatic heterocycles. The molecule has 0 spiro atoms. The van der Waals surface area contributed by atoms with E-state index in [4.69, 9.17) is 4.74 Å². The first kappa shape index (κ1) is 16.0. The molecule has 20 heavy (non-hydrogen) atoms. The van der Waals surface area contributed by atoms with Crippen LogP contribution in [-0.2, 0) is 4.79 Å². The molecule has 0 atom stereocenters. The van der Waals surface area contributed by atoms with Gasteiger partial charge in [0.15, 0.2) is 0 Å². The fourth-order valence-corrected chi connectivity index (χ4v) is 1.89. The predicted octanol–water partition coefficient (Wildman–Crippen LogP) is 3.74. The number of anilines is 1. The first-order chi connectivity index (χ1) is 9.61. The minimum atomic E-state index is -0.947. The van der Waals surface area contributed by atoms with Gasteiger partial charge in [-0.1, -0.05) is 20.8 Å². The van der Waals surface area contributed by atoms with Crippen molar-refractivity contribution in [3.63, 3.8) is 0 Å². The predicted molar refractivity (Wildman–Crippen MR) is 79.5 cm³/mol. The van der Waals surface area contributed by atoms with Gasteiger partial charge in [-0.2, -0.15) is 5.26 Å². The normalized spacial score (nSPS) is 10.7. The number of nitriles is 1. The molecule has 0 aliphatic rings. The summed E-state index contributed by atoms with van der Waals surface area (Å²) in [5.41, 5.74) is -0.266. The van der Waals surface area contributed by atoms with Gasteiger partial charge in [-0.25, -0.2) is 0 Å². The van der Waals surface area contributed by atoms with Crippen LogP contribution < -0.4 is 10.1 Å². The Kier molecular flexibility index (Phi) is 6.05. The van der Waals surface area contributed by atoms with Crippen LogP contribution in [0.15, 0.2) is 24.3 Å². The summed E-state index contributed by atoms with van der Waals surface area (Å²) in [6, 6.07) is 9.35. The molecule has 1 rings (SSSR count). The summed E-state index contributed by atoms with van der Waals surface area (Å²) in [4.78, 5) is 12.2. The molecule has 108 valence electrons. The van der Waals surface area contributed by atoms with Crippen molar-refractivity contribution in [3.8, 4) is 11.8 Å². The fraction of sp³-hybridized carbons (Fsp3) is 0.500. The molecule has 0 aliphatic carbocycles. The molecule has 0 unspecified atom stereocenters. The Hall–Kier alpha value is -2.02. The van der Waals surface area contributed by atoms with Gasteiger partial charge in [-0.3, -0.25) is 4.79 Å². The fourth-order valence-electron chi connectivity index (χ4n) is 1.89. The molecule has 0 fully saturated rings. The van der Waals surface area contributed by atoms with Crippen LogP contribution >= 0.6 is 0 Å². The molecule has 0 aliphatic heterocycles. The van der Waals surface area contributed by atoms with Crippen LogP contribution in [0, 0.1) is 16.7 Å². The Labute approximate surface area is 120 Å². The van der Waals surface area contributed by atoms with Gasteiger partial charge < -0.3 is 10.1 Å². The standard InChI is InChI=1S/C16H22N2O2/c1-4-11-20-14-9-7-13(8-10-14)18-15(19)16(5-2,6-3)12-17/h7-10H,4-6,11H2,1-3H3,(H,18,19). The van der Waals surface area contributed by atoms with Crippen molar-refractivity contribution >= 4 is 11.6 Å². The molecule has 1 N–H and O–H groups in total. The lowest BCUT2D eigenvalue weighted by molar-refractivity contribution is -0.123. The van der Waals surface area contributed by atoms with Gasteiger partial charge >= 0.3 is 0 Å². The van der Waals surface area contributed by atoms with E-state index in [1.807, 2.05) is 32.9 Å². The zero-order chi connectivity index (χ0) is 15.0. The maximum Gasteiger partial charge on any atom is 0.244 e. The second kappa shape index (κ2) is 7.54. The Bertz CT molecular complexity index is 470. The maximum atomic E-state index is 12.2. The summed E-state index contributed by atoms with van der Waals surface area (Å²) < 4.78 is 5.48. The van der Waals surface area contributed by atoms with Crippen molar-refractivity contribution in [2.75, 3.05) is 11.9 Å². The van der Waals surface area contributed by atoms with Gasteiger partial charge in [0, 0.05) is 5.69 Å². The summed E-state index contributed by atoms with van der Waals surface area (Å²) in [5.74, 6) is 0.537. The number of hydrogen-bond donors (Lipinski definition) is 1. The van der Waals surface area contributed by atoms with Crippen molar-refractivity contribution in [3.05, 3.63) is 24.3 Å². The molecule has 1 aromatic carbocycles. The van der Waals surface area contributed by atoms with Crippen LogP contribution in [0.2, 0.25) is 0 Å². The largest absolute Gasteiger partial charge is 0.494 e. The van der Waals surface area contributed by atoms with E-state index >= 15 is 0 Å². The van der Waals surface area contributed by atoms with Crippen molar-refractivity contribution in [1.29, 1.82) is 5.26 Å². The van der Waals surface area contributed by atoms with E-state index in [-0.39, 0.29) is 5.91 Å². The summed E-state index contributed by atoms with van der Waals surface area (Å²) >= 11 is 0. The number of carbonyl (C=O) groups excluding carboxylic acids is 1. The van der Waals surface area contributed by atoms with Gasteiger partial charge in [-0.15, -0.1) is 0 Å². The highest BCUT2D eigenvalue weighted by Gasteiger charge is 2.34. The van der Waals surface area contributed by atoms with E-state index in [9.17, 15) is 10.1 Å². The van der Waals surface area contributed by atoms with Crippen molar-refractivity contribution < 1.29 is 9.53 Å². The topological polar surface area (TPSA) is 62.1 Å². The third kappa shape index (κ3) is 3.74. The first-order valence-electron chi connectivity index (χ1n) is 7.07. The minimum Gasteiger partial charge on any atom is -0.494 e. The molecule has 0 radical (unpaired) electrons. The second-order valence-corrected chi connectivity index (χ2v) is 4.73. The van der Waals surface area contributed by atoms with Crippen molar-refractivity contribution in [1.82, 2.24) is 0 Å². The maximum absolute atomic E-state index is 12.2. The minimum absolute atomic E-state index is 0.243. The van der Waals surface area contributed by atoms with Crippen LogP contribution in [0.5, 0.6) is 5.75 Å². The Morgan fingerprint density at radius 2 is 1.85 bits per heavy atom. The van der Waals surface area contributed by atoms with Crippen molar-refractivity contribution in [2.24, 2.45) is 5.41 Å². The highest BCUT2D eigenvalue weighted by molar-refractivity contribution is 5.97. The summed E-state index contributed by atoms with van der Waals surface area (Å²) in [6.07, 6.45) is 1.96. The highest BCUT2D eigenvalue weighted by Crippen LogP contribution is 2.27. The summed E-state index contributed by atoms with van der Waals surface area (Å²) in [5, 5.41) is 12.0. The molecule has 1 amide bonds. The monoisotopic (exact) mass is 274 g/mol. The number of hydrogen-bond acceptors (Lipinski definition) is 3. The van der Waals surface area contributed by atoms with Gasteiger partial charge in [0.25, 0.3) is 0 Å². The van der Waals surface area contributed by atoms with Crippen LogP contribution in [0.25, 0.3) is 0 Å². The van der Waals surface area contributed by atoms with Crippen LogP contribution in [0.1, 0.15) is 40.0 Å². The van der Waals surface area contributed by atoms with Gasteiger partial charge in [0.1, 0.15) is 11.2 Å². The third-order valence-electron chi connectivity index (χ3n) is 3.44. The zero-order valence-corrected chi connectivity index (χ0v) is 12.4. The average molecular weight is 274 g/mol. The van der Waals surface area contributed by atoms with E-state index < -0.39 is 5.41 Å². The SMILES string of the molecule is CCCOc1ccc(NC(=O)C(C#N)(CC)CC)cc1. The zero-order valence-electron chi connectivity index (χ0n) is 12.4. The Morgan fingerprint density at radius 3 is 2.30 bits per heavy atom. The second-order valence-electron chi connectivity index (χ2n) is 4.73. The Balaban J connectivity index is 2.73. The molecule has 4 heteroatoms. The number of carbonyl (C=O) groups is 1. The number of nitrogens with one attached hydrogen (secondary N) is 1. The summed E-state index contributed by atoms with van der Waals surface area (Å²) in [6.45, 7) is 6.43. The van der Waals surface area contributed by atoms with Gasteiger partial charge in [-0.05, 0) is 43.5 Å². The van der Waals surface area contributed by atoms with E-state index in [0.29, 0.717) is 25.1 Å². The molecule has 1 aromatic rings. The Morgan fingerprint density at radius 1 is 1.25 bits per heavy atom. The van der Waals surface area contributed by atoms with Crippen LogP contribution in [0.4, 0.5) is 5.69 Å². The number of benzene rings is 1. The lowest BCUT2D eigenvalue weighted by Gasteiger charge is -2.22. The molecule has 0 saturated carbocycles. The quantitative estimate of drug-likeness (QED) is 0.823.